The molecule has 33 heavy (non-hydrogen) atoms. The summed E-state index contributed by atoms with van der Waals surface area (Å²) in [5.41, 5.74) is 0.863. The molecule has 1 amide bonds. The van der Waals surface area contributed by atoms with Gasteiger partial charge in [-0.25, -0.2) is 14.6 Å². The highest BCUT2D eigenvalue weighted by atomic mass is 16.6. The summed E-state index contributed by atoms with van der Waals surface area (Å²) < 4.78 is 16.6. The van der Waals surface area contributed by atoms with Gasteiger partial charge in [0.2, 0.25) is 0 Å². The molecule has 0 aliphatic carbocycles. The molecule has 1 aromatic heterocycles. The topological polar surface area (TPSA) is 121 Å². The normalized spacial score (nSPS) is 13.0. The van der Waals surface area contributed by atoms with Crippen molar-refractivity contribution in [3.05, 3.63) is 54.1 Å². The van der Waals surface area contributed by atoms with Crippen LogP contribution in [0.4, 0.5) is 4.79 Å². The Morgan fingerprint density at radius 3 is 2.27 bits per heavy atom. The third-order valence-corrected chi connectivity index (χ3v) is 4.55. The van der Waals surface area contributed by atoms with Crippen molar-refractivity contribution < 1.29 is 28.6 Å². The van der Waals surface area contributed by atoms with Crippen molar-refractivity contribution in [2.24, 2.45) is 0 Å². The second-order valence-corrected chi connectivity index (χ2v) is 8.43. The zero-order valence-electron chi connectivity index (χ0n) is 19.7. The van der Waals surface area contributed by atoms with Gasteiger partial charge < -0.3 is 24.1 Å². The Morgan fingerprint density at radius 1 is 1.03 bits per heavy atom. The summed E-state index contributed by atoms with van der Waals surface area (Å²) in [5.74, 6) is -1.02. The molecule has 180 valence electrons. The molecule has 10 heteroatoms. The maximum atomic E-state index is 12.2. The molecular formula is C23H32N4O6. The van der Waals surface area contributed by atoms with E-state index >= 15 is 0 Å². The van der Waals surface area contributed by atoms with Gasteiger partial charge in [0.05, 0.1) is 26.2 Å². The van der Waals surface area contributed by atoms with Gasteiger partial charge in [0.25, 0.3) is 0 Å². The Hall–Kier alpha value is -3.40. The van der Waals surface area contributed by atoms with Crippen molar-refractivity contribution in [2.45, 2.75) is 58.0 Å². The number of ether oxygens (including phenoxy) is 3. The molecule has 2 aromatic rings. The van der Waals surface area contributed by atoms with Gasteiger partial charge in [-0.3, -0.25) is 10.1 Å². The van der Waals surface area contributed by atoms with Crippen LogP contribution in [0.25, 0.3) is 0 Å². The van der Waals surface area contributed by atoms with Crippen LogP contribution in [0.2, 0.25) is 0 Å². The van der Waals surface area contributed by atoms with Crippen LogP contribution in [0.3, 0.4) is 0 Å². The highest BCUT2D eigenvalue weighted by Crippen LogP contribution is 2.09. The fraction of sp³-hybridized carbons (Fsp3) is 0.478. The highest BCUT2D eigenvalue weighted by Gasteiger charge is 2.26. The van der Waals surface area contributed by atoms with Crippen molar-refractivity contribution in [1.29, 1.82) is 0 Å². The van der Waals surface area contributed by atoms with Crippen LogP contribution in [0.5, 0.6) is 0 Å². The number of benzene rings is 1. The Balaban J connectivity index is 2.03. The zero-order chi connectivity index (χ0) is 24.4. The molecule has 0 aliphatic heterocycles. The van der Waals surface area contributed by atoms with E-state index in [1.807, 2.05) is 30.3 Å². The fourth-order valence-electron chi connectivity index (χ4n) is 3.02. The molecule has 0 spiro atoms. The Bertz CT molecular complexity index is 923. The Labute approximate surface area is 193 Å². The summed E-state index contributed by atoms with van der Waals surface area (Å²) in [6.07, 6.45) is 2.62. The van der Waals surface area contributed by atoms with Crippen LogP contribution < -0.4 is 10.6 Å². The van der Waals surface area contributed by atoms with E-state index in [0.717, 1.165) is 5.56 Å². The predicted octanol–water partition coefficient (Wildman–Crippen LogP) is 1.82. The van der Waals surface area contributed by atoms with Crippen molar-refractivity contribution in [3.8, 4) is 0 Å². The first kappa shape index (κ1) is 25.9. The molecule has 1 aromatic carbocycles. The number of imidazole rings is 1. The maximum Gasteiger partial charge on any atom is 0.408 e. The maximum absolute atomic E-state index is 12.2. The predicted molar refractivity (Wildman–Crippen MR) is 120 cm³/mol. The lowest BCUT2D eigenvalue weighted by molar-refractivity contribution is -0.144. The summed E-state index contributed by atoms with van der Waals surface area (Å²) in [5, 5.41) is 5.71. The third-order valence-electron chi connectivity index (χ3n) is 4.55. The number of aromatic nitrogens is 2. The van der Waals surface area contributed by atoms with Gasteiger partial charge in [0.1, 0.15) is 17.7 Å². The van der Waals surface area contributed by atoms with E-state index in [1.165, 1.54) is 14.2 Å². The third kappa shape index (κ3) is 8.93. The molecule has 0 saturated carbocycles. The van der Waals surface area contributed by atoms with Gasteiger partial charge in [-0.05, 0) is 26.3 Å². The molecule has 0 radical (unpaired) electrons. The quantitative estimate of drug-likeness (QED) is 0.407. The Morgan fingerprint density at radius 2 is 1.67 bits per heavy atom. The average molecular weight is 461 g/mol. The van der Waals surface area contributed by atoms with Crippen molar-refractivity contribution in [2.75, 3.05) is 14.2 Å². The molecule has 0 unspecified atom stereocenters. The smallest absolute Gasteiger partial charge is 0.408 e. The van der Waals surface area contributed by atoms with E-state index in [2.05, 4.69) is 15.6 Å². The lowest BCUT2D eigenvalue weighted by Gasteiger charge is -2.22. The number of methoxy groups -OCH3 is 2. The number of amides is 1. The SMILES string of the molecule is COC(=O)[C@H](Cc1cn(C[C@@H](NCc2ccccc2)C(=O)OC)cn1)NC(=O)OC(C)(C)C. The molecule has 0 bridgehead atoms. The van der Waals surface area contributed by atoms with E-state index in [-0.39, 0.29) is 13.0 Å². The summed E-state index contributed by atoms with van der Waals surface area (Å²) in [7, 11) is 2.58. The van der Waals surface area contributed by atoms with E-state index in [9.17, 15) is 14.4 Å². The summed E-state index contributed by atoms with van der Waals surface area (Å²) in [4.78, 5) is 40.8. The van der Waals surface area contributed by atoms with Gasteiger partial charge in [-0.15, -0.1) is 0 Å². The fourth-order valence-corrected chi connectivity index (χ4v) is 3.02. The standard InChI is InChI=1S/C23H32N4O6/c1-23(2,3)33-22(30)26-18(20(28)31-4)11-17-13-27(15-25-17)14-19(21(29)32-5)24-12-16-9-7-6-8-10-16/h6-10,13,15,18-19,24H,11-12,14H2,1-5H3,(H,26,30)/t18-,19+/m0/s1. The number of esters is 2. The number of hydrogen-bond donors (Lipinski definition) is 2. The van der Waals surface area contributed by atoms with Crippen LogP contribution in [0.15, 0.2) is 42.9 Å². The van der Waals surface area contributed by atoms with Crippen LogP contribution in [0, 0.1) is 0 Å². The number of alkyl carbamates (subject to hydrolysis) is 1. The van der Waals surface area contributed by atoms with Crippen LogP contribution in [0.1, 0.15) is 32.0 Å². The van der Waals surface area contributed by atoms with Crippen LogP contribution in [-0.4, -0.2) is 59.5 Å². The monoisotopic (exact) mass is 460 g/mol. The number of rotatable bonds is 10. The number of carbonyl (C=O) groups is 3. The molecule has 2 atom stereocenters. The summed E-state index contributed by atoms with van der Waals surface area (Å²) >= 11 is 0. The highest BCUT2D eigenvalue weighted by molar-refractivity contribution is 5.81. The number of carbonyl (C=O) groups excluding carboxylic acids is 3. The minimum Gasteiger partial charge on any atom is -0.468 e. The second kappa shape index (κ2) is 12.0. The minimum absolute atomic E-state index is 0.0965. The van der Waals surface area contributed by atoms with E-state index in [1.54, 1.807) is 37.9 Å². The first-order valence-corrected chi connectivity index (χ1v) is 10.5. The number of nitrogens with one attached hydrogen (secondary N) is 2. The Kier molecular flexibility index (Phi) is 9.41. The number of hydrogen-bond acceptors (Lipinski definition) is 8. The van der Waals surface area contributed by atoms with Crippen molar-refractivity contribution in [3.63, 3.8) is 0 Å². The average Bonchev–Trinajstić information content (AvgIpc) is 3.21. The van der Waals surface area contributed by atoms with E-state index < -0.39 is 35.7 Å². The summed E-state index contributed by atoms with van der Waals surface area (Å²) in [6, 6.07) is 8.12. The second-order valence-electron chi connectivity index (χ2n) is 8.43. The molecule has 10 nitrogen and oxygen atoms in total. The molecule has 0 saturated heterocycles. The largest absolute Gasteiger partial charge is 0.468 e. The van der Waals surface area contributed by atoms with Crippen molar-refractivity contribution in [1.82, 2.24) is 20.2 Å². The van der Waals surface area contributed by atoms with Gasteiger partial charge >= 0.3 is 18.0 Å². The van der Waals surface area contributed by atoms with Crippen LogP contribution >= 0.6 is 0 Å². The lowest BCUT2D eigenvalue weighted by Crippen LogP contribution is -2.45. The molecule has 2 rings (SSSR count). The molecule has 0 fully saturated rings. The van der Waals surface area contributed by atoms with Crippen LogP contribution in [-0.2, 0) is 43.3 Å². The van der Waals surface area contributed by atoms with E-state index in [4.69, 9.17) is 14.2 Å². The zero-order valence-corrected chi connectivity index (χ0v) is 19.7. The minimum atomic E-state index is -0.971. The van der Waals surface area contributed by atoms with Gasteiger partial charge in [-0.1, -0.05) is 30.3 Å². The molecule has 0 aliphatic rings. The first-order valence-electron chi connectivity index (χ1n) is 10.5. The first-order chi connectivity index (χ1) is 15.6. The summed E-state index contributed by atoms with van der Waals surface area (Å²) in [6.45, 7) is 5.95. The number of nitrogens with zero attached hydrogens (tertiary/aromatic N) is 2. The van der Waals surface area contributed by atoms with Gasteiger partial charge in [-0.2, -0.15) is 0 Å². The van der Waals surface area contributed by atoms with Crippen molar-refractivity contribution >= 4 is 18.0 Å². The molecular weight excluding hydrogens is 428 g/mol. The van der Waals surface area contributed by atoms with E-state index in [0.29, 0.717) is 12.2 Å². The van der Waals surface area contributed by atoms with Gasteiger partial charge in [0, 0.05) is 25.7 Å². The molecule has 2 N–H and O–H groups in total. The molecule has 1 heterocycles. The van der Waals surface area contributed by atoms with Gasteiger partial charge in [0.15, 0.2) is 0 Å². The lowest BCUT2D eigenvalue weighted by atomic mass is 10.1.